The molecule has 3 aromatic rings. The Bertz CT molecular complexity index is 1440. The molecule has 0 aromatic carbocycles. The first-order valence-electron chi connectivity index (χ1n) is 12.5. The number of nitrogens with one attached hydrogen (secondary N) is 2. The summed E-state index contributed by atoms with van der Waals surface area (Å²) in [5.74, 6) is 1.09. The van der Waals surface area contributed by atoms with Gasteiger partial charge in [0.15, 0.2) is 5.13 Å². The van der Waals surface area contributed by atoms with Gasteiger partial charge in [0.1, 0.15) is 11.6 Å². The Labute approximate surface area is 219 Å². The van der Waals surface area contributed by atoms with Crippen LogP contribution in [0.15, 0.2) is 30.6 Å². The smallest absolute Gasteiger partial charge is 0.282 e. The molecule has 11 nitrogen and oxygen atoms in total. The quantitative estimate of drug-likeness (QED) is 0.411. The Morgan fingerprint density at radius 1 is 1.22 bits per heavy atom. The van der Waals surface area contributed by atoms with Gasteiger partial charge >= 0.3 is 0 Å². The van der Waals surface area contributed by atoms with Crippen LogP contribution in [0.5, 0.6) is 0 Å². The third-order valence-electron chi connectivity index (χ3n) is 7.42. The summed E-state index contributed by atoms with van der Waals surface area (Å²) in [6.45, 7) is 0.516. The molecule has 6 heterocycles. The number of rotatable bonds is 7. The number of pyridine rings is 2. The molecule has 0 aliphatic carbocycles. The SMILES string of the molecule is N#CC1CN(S(=O)(=O)N2C3CCCC2CC(Nc2nc(Nc4ncc(CO)s4)cc4ncccc24)C3)C1. The molecule has 2 atom stereocenters. The lowest BCUT2D eigenvalue weighted by Crippen LogP contribution is -2.63. The van der Waals surface area contributed by atoms with Crippen molar-refractivity contribution in [1.29, 1.82) is 5.26 Å². The van der Waals surface area contributed by atoms with Gasteiger partial charge in [-0.3, -0.25) is 4.98 Å². The normalized spacial score (nSPS) is 24.9. The molecule has 0 saturated carbocycles. The molecule has 6 rings (SSSR count). The third kappa shape index (κ3) is 4.64. The molecule has 3 N–H and O–H groups in total. The highest BCUT2D eigenvalue weighted by molar-refractivity contribution is 7.86. The van der Waals surface area contributed by atoms with Gasteiger partial charge in [0.05, 0.1) is 29.0 Å². The van der Waals surface area contributed by atoms with E-state index in [0.29, 0.717) is 29.6 Å². The molecule has 13 heteroatoms. The molecular weight excluding hydrogens is 512 g/mol. The van der Waals surface area contributed by atoms with Crippen molar-refractivity contribution in [2.45, 2.75) is 56.8 Å². The lowest BCUT2D eigenvalue weighted by atomic mass is 9.84. The summed E-state index contributed by atoms with van der Waals surface area (Å²) >= 11 is 1.36. The lowest BCUT2D eigenvalue weighted by Gasteiger charge is -2.50. The number of anilines is 3. The van der Waals surface area contributed by atoms with E-state index < -0.39 is 10.2 Å². The molecule has 3 aliphatic rings. The average Bonchev–Trinajstić information content (AvgIpc) is 3.30. The highest BCUT2D eigenvalue weighted by atomic mass is 32.2. The van der Waals surface area contributed by atoms with Crippen molar-refractivity contribution in [3.05, 3.63) is 35.5 Å². The summed E-state index contributed by atoms with van der Waals surface area (Å²) in [7, 11) is -3.57. The summed E-state index contributed by atoms with van der Waals surface area (Å²) in [6.07, 6.45) is 7.44. The van der Waals surface area contributed by atoms with Gasteiger partial charge in [0.2, 0.25) is 0 Å². The lowest BCUT2D eigenvalue weighted by molar-refractivity contribution is 0.0984. The highest BCUT2D eigenvalue weighted by Gasteiger charge is 2.49. The molecule has 194 valence electrons. The van der Waals surface area contributed by atoms with Gasteiger partial charge < -0.3 is 15.7 Å². The fraction of sp³-hybridized carbons (Fsp3) is 0.500. The van der Waals surface area contributed by atoms with E-state index in [0.717, 1.165) is 35.0 Å². The maximum Gasteiger partial charge on any atom is 0.282 e. The molecule has 0 amide bonds. The minimum Gasteiger partial charge on any atom is -0.391 e. The van der Waals surface area contributed by atoms with Gasteiger partial charge in [-0.1, -0.05) is 17.8 Å². The van der Waals surface area contributed by atoms with E-state index in [9.17, 15) is 13.5 Å². The van der Waals surface area contributed by atoms with E-state index in [1.807, 2.05) is 18.2 Å². The van der Waals surface area contributed by atoms with Gasteiger partial charge in [-0.05, 0) is 37.8 Å². The topological polar surface area (TPSA) is 147 Å². The first kappa shape index (κ1) is 24.4. The first-order chi connectivity index (χ1) is 17.9. The Balaban J connectivity index is 1.23. The zero-order valence-electron chi connectivity index (χ0n) is 20.1. The average molecular weight is 541 g/mol. The molecular formula is C24H28N8O3S2. The molecule has 2 unspecified atom stereocenters. The monoisotopic (exact) mass is 540 g/mol. The largest absolute Gasteiger partial charge is 0.391 e. The van der Waals surface area contributed by atoms with Crippen molar-refractivity contribution in [3.8, 4) is 6.07 Å². The van der Waals surface area contributed by atoms with Gasteiger partial charge in [0, 0.05) is 55.1 Å². The fourth-order valence-corrected chi connectivity index (χ4v) is 8.48. The van der Waals surface area contributed by atoms with Crippen LogP contribution in [0.2, 0.25) is 0 Å². The zero-order valence-corrected chi connectivity index (χ0v) is 21.7. The van der Waals surface area contributed by atoms with Crippen LogP contribution < -0.4 is 10.6 Å². The van der Waals surface area contributed by atoms with E-state index in [1.54, 1.807) is 16.7 Å². The maximum atomic E-state index is 13.4. The predicted octanol–water partition coefficient (Wildman–Crippen LogP) is 2.82. The summed E-state index contributed by atoms with van der Waals surface area (Å²) in [5.41, 5.74) is 0.784. The van der Waals surface area contributed by atoms with E-state index in [4.69, 9.17) is 10.2 Å². The molecule has 0 radical (unpaired) electrons. The second-order valence-corrected chi connectivity index (χ2v) is 12.8. The van der Waals surface area contributed by atoms with Crippen LogP contribution in [-0.2, 0) is 16.8 Å². The van der Waals surface area contributed by atoms with Crippen LogP contribution in [0.4, 0.5) is 16.8 Å². The standard InChI is InChI=1S/C24H28N8O3S2/c25-10-15-12-31(13-15)37(34,35)32-17-3-1-4-18(32)8-16(7-17)28-23-20-5-2-6-26-21(20)9-22(29-23)30-24-27-11-19(14-33)36-24/h2,5-6,9,11,15-18,33H,1,3-4,7-8,12-14H2,(H2,27,28,29,30). The second-order valence-electron chi connectivity index (χ2n) is 9.87. The summed E-state index contributed by atoms with van der Waals surface area (Å²) in [6, 6.07) is 7.80. The fourth-order valence-electron chi connectivity index (χ4n) is 5.67. The van der Waals surface area contributed by atoms with Crippen molar-refractivity contribution in [2.24, 2.45) is 5.92 Å². The van der Waals surface area contributed by atoms with Crippen molar-refractivity contribution in [1.82, 2.24) is 23.6 Å². The second kappa shape index (κ2) is 9.77. The number of piperidine rings is 2. The number of aliphatic hydroxyl groups excluding tert-OH is 1. The predicted molar refractivity (Wildman–Crippen MR) is 140 cm³/mol. The Morgan fingerprint density at radius 3 is 2.70 bits per heavy atom. The number of hydrogen-bond acceptors (Lipinski definition) is 10. The van der Waals surface area contributed by atoms with Crippen LogP contribution >= 0.6 is 11.3 Å². The van der Waals surface area contributed by atoms with Crippen LogP contribution in [0.25, 0.3) is 10.9 Å². The zero-order chi connectivity index (χ0) is 25.6. The molecule has 3 aliphatic heterocycles. The van der Waals surface area contributed by atoms with Crippen molar-refractivity contribution in [2.75, 3.05) is 23.7 Å². The number of aliphatic hydroxyl groups is 1. The summed E-state index contributed by atoms with van der Waals surface area (Å²) in [4.78, 5) is 14.4. The number of fused-ring (bicyclic) bond motifs is 3. The number of nitrogens with zero attached hydrogens (tertiary/aromatic N) is 6. The highest BCUT2D eigenvalue weighted by Crippen LogP contribution is 2.40. The van der Waals surface area contributed by atoms with Crippen LogP contribution in [-0.4, -0.2) is 68.3 Å². The first-order valence-corrected chi connectivity index (χ1v) is 14.7. The molecule has 3 fully saturated rings. The van der Waals surface area contributed by atoms with E-state index in [1.165, 1.54) is 15.6 Å². The van der Waals surface area contributed by atoms with Gasteiger partial charge in [-0.15, -0.1) is 0 Å². The Kier molecular flexibility index (Phi) is 6.46. The van der Waals surface area contributed by atoms with E-state index >= 15 is 0 Å². The van der Waals surface area contributed by atoms with Crippen molar-refractivity contribution in [3.63, 3.8) is 0 Å². The van der Waals surface area contributed by atoms with Gasteiger partial charge in [-0.25, -0.2) is 9.97 Å². The molecule has 3 saturated heterocycles. The van der Waals surface area contributed by atoms with E-state index in [-0.39, 0.29) is 43.7 Å². The minimum atomic E-state index is -3.57. The Hall–Kier alpha value is -2.89. The summed E-state index contributed by atoms with van der Waals surface area (Å²) < 4.78 is 30.0. The van der Waals surface area contributed by atoms with Gasteiger partial charge in [0.25, 0.3) is 10.2 Å². The van der Waals surface area contributed by atoms with E-state index in [2.05, 4.69) is 26.7 Å². The molecule has 0 spiro atoms. The van der Waals surface area contributed by atoms with Crippen LogP contribution in [0.3, 0.4) is 0 Å². The maximum absolute atomic E-state index is 13.4. The van der Waals surface area contributed by atoms with Crippen molar-refractivity contribution < 1.29 is 13.5 Å². The number of nitriles is 1. The molecule has 2 bridgehead atoms. The minimum absolute atomic E-state index is 0.0632. The number of aromatic nitrogens is 3. The van der Waals surface area contributed by atoms with Crippen LogP contribution in [0.1, 0.15) is 37.0 Å². The van der Waals surface area contributed by atoms with Crippen molar-refractivity contribution >= 4 is 49.2 Å². The Morgan fingerprint density at radius 2 is 2.00 bits per heavy atom. The molecule has 37 heavy (non-hydrogen) atoms. The third-order valence-corrected chi connectivity index (χ3v) is 10.4. The molecule has 3 aromatic heterocycles. The number of hydrogen-bond donors (Lipinski definition) is 3. The van der Waals surface area contributed by atoms with Gasteiger partial charge in [-0.2, -0.15) is 22.3 Å². The summed E-state index contributed by atoms with van der Waals surface area (Å²) in [5, 5.41) is 26.8. The number of thiazole rings is 1. The van der Waals surface area contributed by atoms with Crippen LogP contribution in [0, 0.1) is 17.2 Å².